The molecule has 2 heteroatoms. The van der Waals surface area contributed by atoms with Gasteiger partial charge in [-0.1, -0.05) is 45.9 Å². The summed E-state index contributed by atoms with van der Waals surface area (Å²) in [6, 6.07) is 7.54. The van der Waals surface area contributed by atoms with Crippen LogP contribution in [-0.4, -0.2) is 12.6 Å². The van der Waals surface area contributed by atoms with Gasteiger partial charge in [-0.15, -0.1) is 0 Å². The molecule has 1 N–H and O–H groups in total. The number of nitrogens with one attached hydrogen (secondary N) is 1. The lowest BCUT2D eigenvalue weighted by Gasteiger charge is -2.30. The van der Waals surface area contributed by atoms with Gasteiger partial charge in [-0.3, -0.25) is 0 Å². The van der Waals surface area contributed by atoms with Crippen LogP contribution in [0.25, 0.3) is 0 Å². The summed E-state index contributed by atoms with van der Waals surface area (Å²) < 4.78 is 5.95. The molecule has 18 heavy (non-hydrogen) atoms. The van der Waals surface area contributed by atoms with Gasteiger partial charge in [0.1, 0.15) is 5.75 Å². The van der Waals surface area contributed by atoms with Crippen LogP contribution < -0.4 is 10.1 Å². The second-order valence-electron chi connectivity index (χ2n) is 5.59. The van der Waals surface area contributed by atoms with E-state index < -0.39 is 0 Å². The molecule has 0 amide bonds. The molecule has 0 spiro atoms. The number of ether oxygens (including phenoxy) is 1. The topological polar surface area (TPSA) is 21.3 Å². The van der Waals surface area contributed by atoms with E-state index in [9.17, 15) is 0 Å². The molecule has 2 unspecified atom stereocenters. The summed E-state index contributed by atoms with van der Waals surface area (Å²) >= 11 is 0. The van der Waals surface area contributed by atoms with Crippen molar-refractivity contribution < 1.29 is 4.74 Å². The van der Waals surface area contributed by atoms with Gasteiger partial charge in [-0.2, -0.15) is 0 Å². The van der Waals surface area contributed by atoms with Crippen molar-refractivity contribution in [2.45, 2.75) is 58.5 Å². The highest BCUT2D eigenvalue weighted by molar-refractivity contribution is 5.46. The molecule has 2 atom stereocenters. The first kappa shape index (κ1) is 13.4. The van der Waals surface area contributed by atoms with Crippen molar-refractivity contribution in [2.75, 3.05) is 6.61 Å². The van der Waals surface area contributed by atoms with Gasteiger partial charge in [0.05, 0.1) is 6.61 Å². The van der Waals surface area contributed by atoms with Gasteiger partial charge in [0, 0.05) is 24.1 Å². The van der Waals surface area contributed by atoms with Crippen LogP contribution in [0.3, 0.4) is 0 Å². The van der Waals surface area contributed by atoms with E-state index in [1.807, 2.05) is 0 Å². The molecule has 2 nitrogen and oxygen atoms in total. The molecule has 0 fully saturated rings. The zero-order valence-electron chi connectivity index (χ0n) is 12.0. The zero-order chi connectivity index (χ0) is 13.1. The summed E-state index contributed by atoms with van der Waals surface area (Å²) in [4.78, 5) is 0. The van der Waals surface area contributed by atoms with Crippen LogP contribution in [-0.2, 0) is 0 Å². The summed E-state index contributed by atoms with van der Waals surface area (Å²) in [6.45, 7) is 9.74. The Kier molecular flexibility index (Phi) is 4.28. The molecule has 100 valence electrons. The van der Waals surface area contributed by atoms with Gasteiger partial charge in [-0.25, -0.2) is 0 Å². The van der Waals surface area contributed by atoms with Gasteiger partial charge in [0.2, 0.25) is 0 Å². The van der Waals surface area contributed by atoms with Crippen molar-refractivity contribution in [2.24, 2.45) is 0 Å². The van der Waals surface area contributed by atoms with E-state index in [-0.39, 0.29) is 0 Å². The molecular formula is C16H25NO. The van der Waals surface area contributed by atoms with E-state index in [0.29, 0.717) is 18.0 Å². The van der Waals surface area contributed by atoms with Gasteiger partial charge in [0.15, 0.2) is 0 Å². The number of rotatable bonds is 4. The van der Waals surface area contributed by atoms with Gasteiger partial charge >= 0.3 is 0 Å². The molecular weight excluding hydrogens is 222 g/mol. The lowest BCUT2D eigenvalue weighted by Crippen LogP contribution is -2.32. The maximum absolute atomic E-state index is 5.95. The highest BCUT2D eigenvalue weighted by Gasteiger charge is 2.25. The van der Waals surface area contributed by atoms with Crippen LogP contribution in [0.4, 0.5) is 0 Å². The lowest BCUT2D eigenvalue weighted by atomic mass is 9.91. The molecule has 0 radical (unpaired) electrons. The Morgan fingerprint density at radius 2 is 2.11 bits per heavy atom. The minimum atomic E-state index is 0.442. The Labute approximate surface area is 111 Å². The fourth-order valence-electron chi connectivity index (χ4n) is 2.63. The Morgan fingerprint density at radius 1 is 1.33 bits per heavy atom. The van der Waals surface area contributed by atoms with E-state index in [1.54, 1.807) is 0 Å². The summed E-state index contributed by atoms with van der Waals surface area (Å²) in [5.41, 5.74) is 2.71. The first-order chi connectivity index (χ1) is 8.63. The number of hydrogen-bond acceptors (Lipinski definition) is 2. The van der Waals surface area contributed by atoms with Crippen LogP contribution in [0.15, 0.2) is 18.2 Å². The van der Waals surface area contributed by atoms with E-state index >= 15 is 0 Å². The second kappa shape index (κ2) is 5.75. The second-order valence-corrected chi connectivity index (χ2v) is 5.59. The number of para-hydroxylation sites is 1. The molecule has 1 aliphatic heterocycles. The Balaban J connectivity index is 2.34. The third-order valence-corrected chi connectivity index (χ3v) is 3.78. The molecule has 2 rings (SSSR count). The number of fused-ring (bicyclic) bond motifs is 1. The normalized spacial score (nSPS) is 20.4. The van der Waals surface area contributed by atoms with Crippen molar-refractivity contribution >= 4 is 0 Å². The first-order valence-corrected chi connectivity index (χ1v) is 7.15. The average Bonchev–Trinajstić information content (AvgIpc) is 2.37. The Hall–Kier alpha value is -1.02. The third-order valence-electron chi connectivity index (χ3n) is 3.78. The number of hydrogen-bond donors (Lipinski definition) is 1. The number of benzene rings is 1. The molecule has 0 aromatic heterocycles. The van der Waals surface area contributed by atoms with Crippen LogP contribution in [0.2, 0.25) is 0 Å². The molecule has 0 aliphatic carbocycles. The van der Waals surface area contributed by atoms with Crippen molar-refractivity contribution in [3.05, 3.63) is 29.3 Å². The van der Waals surface area contributed by atoms with Crippen LogP contribution in [0.5, 0.6) is 5.75 Å². The quantitative estimate of drug-likeness (QED) is 0.867. The van der Waals surface area contributed by atoms with Crippen LogP contribution in [0, 0.1) is 0 Å². The molecule has 0 saturated heterocycles. The third kappa shape index (κ3) is 2.69. The van der Waals surface area contributed by atoms with E-state index in [0.717, 1.165) is 25.2 Å². The van der Waals surface area contributed by atoms with Crippen molar-refractivity contribution in [3.8, 4) is 5.75 Å². The highest BCUT2D eigenvalue weighted by Crippen LogP contribution is 2.39. The standard InChI is InChI=1S/C16H25NO/c1-5-12(4)13-7-6-8-14-15(17-11(2)3)9-10-18-16(13)14/h6-8,11-12,15,17H,5,9-10H2,1-4H3. The monoisotopic (exact) mass is 247 g/mol. The summed E-state index contributed by atoms with van der Waals surface area (Å²) in [6.07, 6.45) is 2.22. The summed E-state index contributed by atoms with van der Waals surface area (Å²) in [5.74, 6) is 1.70. The zero-order valence-corrected chi connectivity index (χ0v) is 12.0. The molecule has 1 aromatic carbocycles. The van der Waals surface area contributed by atoms with Gasteiger partial charge in [-0.05, 0) is 17.9 Å². The summed E-state index contributed by atoms with van der Waals surface area (Å²) in [5, 5.41) is 3.64. The fraction of sp³-hybridized carbons (Fsp3) is 0.625. The maximum Gasteiger partial charge on any atom is 0.127 e. The Morgan fingerprint density at radius 3 is 2.78 bits per heavy atom. The van der Waals surface area contributed by atoms with Gasteiger partial charge < -0.3 is 10.1 Å². The largest absolute Gasteiger partial charge is 0.493 e. The average molecular weight is 247 g/mol. The molecule has 1 heterocycles. The minimum absolute atomic E-state index is 0.442. The van der Waals surface area contributed by atoms with Crippen molar-refractivity contribution in [1.82, 2.24) is 5.32 Å². The van der Waals surface area contributed by atoms with Crippen molar-refractivity contribution in [1.29, 1.82) is 0 Å². The summed E-state index contributed by atoms with van der Waals surface area (Å²) in [7, 11) is 0. The van der Waals surface area contributed by atoms with E-state index in [2.05, 4.69) is 51.2 Å². The predicted molar refractivity (Wildman–Crippen MR) is 76.3 cm³/mol. The smallest absolute Gasteiger partial charge is 0.127 e. The predicted octanol–water partition coefficient (Wildman–Crippen LogP) is 4.02. The SMILES string of the molecule is CCC(C)c1cccc2c1OCCC2NC(C)C. The van der Waals surface area contributed by atoms with Crippen LogP contribution in [0.1, 0.15) is 63.6 Å². The van der Waals surface area contributed by atoms with E-state index in [4.69, 9.17) is 4.74 Å². The minimum Gasteiger partial charge on any atom is -0.493 e. The van der Waals surface area contributed by atoms with Crippen molar-refractivity contribution in [3.63, 3.8) is 0 Å². The van der Waals surface area contributed by atoms with Crippen LogP contribution >= 0.6 is 0 Å². The van der Waals surface area contributed by atoms with E-state index in [1.165, 1.54) is 11.1 Å². The maximum atomic E-state index is 5.95. The van der Waals surface area contributed by atoms with Gasteiger partial charge in [0.25, 0.3) is 0 Å². The highest BCUT2D eigenvalue weighted by atomic mass is 16.5. The first-order valence-electron chi connectivity index (χ1n) is 7.15. The molecule has 0 bridgehead atoms. The lowest BCUT2D eigenvalue weighted by molar-refractivity contribution is 0.244. The molecule has 1 aliphatic rings. The molecule has 1 aromatic rings. The molecule has 0 saturated carbocycles. The Bertz CT molecular complexity index is 400. The fourth-order valence-corrected chi connectivity index (χ4v) is 2.63.